The van der Waals surface area contributed by atoms with Crippen LogP contribution in [0.3, 0.4) is 0 Å². The molecule has 0 spiro atoms. The van der Waals surface area contributed by atoms with Gasteiger partial charge in [-0.25, -0.2) is 19.6 Å². The molecule has 2 aromatic carbocycles. The molecule has 0 aliphatic carbocycles. The number of hydrogen-bond acceptors (Lipinski definition) is 10. The van der Waals surface area contributed by atoms with E-state index in [4.69, 9.17) is 28.9 Å². The molecule has 7 rings (SSSR count). The predicted molar refractivity (Wildman–Crippen MR) is 226 cm³/mol. The summed E-state index contributed by atoms with van der Waals surface area (Å²) < 4.78 is 23.4. The number of likely N-dealkylation sites (N-methyl/N-ethyl adjacent to an activating group) is 1. The maximum atomic E-state index is 13.9. The smallest absolute Gasteiger partial charge is 0.407 e. The van der Waals surface area contributed by atoms with Crippen LogP contribution in [0.15, 0.2) is 48.8 Å². The standard InChI is InChI=1S/C43H55N9O9/c1-24(59-5)36(48-42(55)61-7)40(53)51-16-8-10-32(51)38-44-22-30(46-38)26-12-14-28-29-15-13-27(21-35(29)50(18-19-58-4)34(28)20-26)31-23-45-39(47-31)33-11-9-17-52(33)41(54)37(25(2)60-6)49(3)43(56)57/h12-15,20-25,32-33,36-37H,8-11,16-19H2,1-7H3,(H,44,46)(H,45,47)(H,48,55)(H,56,57)/t24-,25-,32+,33+,36+,37+/m1/s1. The summed E-state index contributed by atoms with van der Waals surface area (Å²) in [5.41, 5.74) is 5.45. The van der Waals surface area contributed by atoms with Gasteiger partial charge in [0.15, 0.2) is 0 Å². The van der Waals surface area contributed by atoms with E-state index in [1.54, 1.807) is 43.2 Å². The van der Waals surface area contributed by atoms with Gasteiger partial charge >= 0.3 is 12.2 Å². The molecule has 61 heavy (non-hydrogen) atoms. The number of hydrogen-bond donors (Lipinski definition) is 4. The van der Waals surface area contributed by atoms with E-state index in [0.29, 0.717) is 50.7 Å². The van der Waals surface area contributed by atoms with Crippen LogP contribution < -0.4 is 5.32 Å². The fraction of sp³-hybridized carbons (Fsp3) is 0.488. The van der Waals surface area contributed by atoms with Gasteiger partial charge in [-0.3, -0.25) is 14.5 Å². The average molecular weight is 842 g/mol. The van der Waals surface area contributed by atoms with Crippen LogP contribution in [0.2, 0.25) is 0 Å². The van der Waals surface area contributed by atoms with Gasteiger partial charge in [-0.05, 0) is 51.7 Å². The van der Waals surface area contributed by atoms with Crippen LogP contribution in [0.4, 0.5) is 9.59 Å². The number of aromatic nitrogens is 5. The number of H-pyrrole nitrogens is 2. The van der Waals surface area contributed by atoms with Crippen LogP contribution in [0.5, 0.6) is 0 Å². The van der Waals surface area contributed by atoms with Crippen LogP contribution >= 0.6 is 0 Å². The van der Waals surface area contributed by atoms with E-state index < -0.39 is 36.5 Å². The highest BCUT2D eigenvalue weighted by Crippen LogP contribution is 2.38. The first-order valence-corrected chi connectivity index (χ1v) is 20.5. The quantitative estimate of drug-likeness (QED) is 0.106. The van der Waals surface area contributed by atoms with Crippen molar-refractivity contribution < 1.29 is 43.2 Å². The number of nitrogens with zero attached hydrogens (tertiary/aromatic N) is 6. The number of carbonyl (C=O) groups is 4. The Bertz CT molecular complexity index is 2390. The first-order chi connectivity index (χ1) is 29.4. The van der Waals surface area contributed by atoms with E-state index in [2.05, 4.69) is 56.3 Å². The van der Waals surface area contributed by atoms with E-state index in [0.717, 1.165) is 62.1 Å². The molecule has 3 aromatic heterocycles. The second kappa shape index (κ2) is 18.3. The van der Waals surface area contributed by atoms with Gasteiger partial charge < -0.3 is 53.7 Å². The fourth-order valence-corrected chi connectivity index (χ4v) is 8.77. The minimum Gasteiger partial charge on any atom is -0.465 e. The number of benzene rings is 2. The van der Waals surface area contributed by atoms with Crippen molar-refractivity contribution in [2.75, 3.05) is 55.2 Å². The van der Waals surface area contributed by atoms with Crippen molar-refractivity contribution in [3.05, 3.63) is 60.4 Å². The summed E-state index contributed by atoms with van der Waals surface area (Å²) in [6.45, 7) is 5.50. The Morgan fingerprint density at radius 3 is 1.82 bits per heavy atom. The summed E-state index contributed by atoms with van der Waals surface area (Å²) in [7, 11) is 7.28. The SMILES string of the molecule is COCCn1c2cc(-c3cnc([C@@H]4CCCN4C(=O)[C@@H](NC(=O)OC)[C@@H](C)OC)[nH]3)ccc2c2ccc(-c3cnc([C@@H]4CCCN4C(=O)[C@H]([C@@H](C)OC)N(C)C(=O)O)[nH]3)cc21. The molecule has 5 aromatic rings. The van der Waals surface area contributed by atoms with E-state index in [1.165, 1.54) is 28.4 Å². The molecule has 4 N–H and O–H groups in total. The largest absolute Gasteiger partial charge is 0.465 e. The second-order valence-corrected chi connectivity index (χ2v) is 15.7. The van der Waals surface area contributed by atoms with Gasteiger partial charge in [0.2, 0.25) is 11.8 Å². The number of carboxylic acid groups (broad SMARTS) is 1. The molecule has 0 saturated carbocycles. The molecule has 6 atom stereocenters. The number of ether oxygens (including phenoxy) is 4. The topological polar surface area (TPSA) is 209 Å². The zero-order valence-electron chi connectivity index (χ0n) is 35.6. The molecular weight excluding hydrogens is 787 g/mol. The number of imidazole rings is 2. The molecule has 0 unspecified atom stereocenters. The molecule has 5 heterocycles. The van der Waals surface area contributed by atoms with Gasteiger partial charge in [0.25, 0.3) is 0 Å². The summed E-state index contributed by atoms with van der Waals surface area (Å²) in [4.78, 5) is 72.6. The van der Waals surface area contributed by atoms with Gasteiger partial charge in [-0.15, -0.1) is 0 Å². The molecule has 2 saturated heterocycles. The highest BCUT2D eigenvalue weighted by atomic mass is 16.5. The van der Waals surface area contributed by atoms with Gasteiger partial charge in [-0.2, -0.15) is 0 Å². The monoisotopic (exact) mass is 841 g/mol. The van der Waals surface area contributed by atoms with E-state index in [9.17, 15) is 24.3 Å². The van der Waals surface area contributed by atoms with E-state index in [-0.39, 0.29) is 23.9 Å². The predicted octanol–water partition coefficient (Wildman–Crippen LogP) is 5.32. The number of rotatable bonds is 15. The summed E-state index contributed by atoms with van der Waals surface area (Å²) in [5.74, 6) is 0.713. The summed E-state index contributed by atoms with van der Waals surface area (Å²) in [6.07, 6.45) is 3.37. The molecule has 18 heteroatoms. The van der Waals surface area contributed by atoms with Crippen molar-refractivity contribution in [3.8, 4) is 22.5 Å². The van der Waals surface area contributed by atoms with Gasteiger partial charge in [0, 0.05) is 80.9 Å². The Balaban J connectivity index is 1.16. The number of likely N-dealkylation sites (tertiary alicyclic amines) is 2. The number of alkyl carbamates (subject to hydrolysis) is 1. The van der Waals surface area contributed by atoms with E-state index in [1.807, 2.05) is 0 Å². The second-order valence-electron chi connectivity index (χ2n) is 15.7. The van der Waals surface area contributed by atoms with Crippen LogP contribution in [0, 0.1) is 0 Å². The molecule has 18 nitrogen and oxygen atoms in total. The first kappa shape index (κ1) is 43.1. The van der Waals surface area contributed by atoms with Crippen molar-refractivity contribution in [1.82, 2.24) is 44.5 Å². The normalized spacial score (nSPS) is 18.7. The Morgan fingerprint density at radius 2 is 1.34 bits per heavy atom. The lowest BCUT2D eigenvalue weighted by Crippen LogP contribution is -2.54. The number of carbonyl (C=O) groups excluding carboxylic acids is 3. The van der Waals surface area contributed by atoms with Crippen molar-refractivity contribution in [2.24, 2.45) is 0 Å². The Morgan fingerprint density at radius 1 is 0.820 bits per heavy atom. The van der Waals surface area contributed by atoms with Crippen LogP contribution in [-0.4, -0.2) is 148 Å². The molecular formula is C43H55N9O9. The average Bonchev–Trinajstić information content (AvgIpc) is 4.13. The number of methoxy groups -OCH3 is 4. The van der Waals surface area contributed by atoms with Gasteiger partial charge in [0.05, 0.1) is 61.8 Å². The minimum absolute atomic E-state index is 0.266. The number of aromatic amines is 2. The van der Waals surface area contributed by atoms with Crippen molar-refractivity contribution in [2.45, 2.75) is 82.5 Å². The summed E-state index contributed by atoms with van der Waals surface area (Å²) in [5, 5.41) is 14.5. The third kappa shape index (κ3) is 8.39. The molecule has 4 amide bonds. The highest BCUT2D eigenvalue weighted by Gasteiger charge is 2.41. The van der Waals surface area contributed by atoms with Crippen LogP contribution in [0.25, 0.3) is 44.3 Å². The van der Waals surface area contributed by atoms with Crippen molar-refractivity contribution in [3.63, 3.8) is 0 Å². The fourth-order valence-electron chi connectivity index (χ4n) is 8.77. The molecule has 0 bridgehead atoms. The third-order valence-corrected chi connectivity index (χ3v) is 12.3. The lowest BCUT2D eigenvalue weighted by molar-refractivity contribution is -0.141. The summed E-state index contributed by atoms with van der Waals surface area (Å²) in [6, 6.07) is 10.0. The van der Waals surface area contributed by atoms with E-state index >= 15 is 0 Å². The summed E-state index contributed by atoms with van der Waals surface area (Å²) >= 11 is 0. The Labute approximate surface area is 353 Å². The third-order valence-electron chi connectivity index (χ3n) is 12.3. The lowest BCUT2D eigenvalue weighted by atomic mass is 10.1. The maximum absolute atomic E-state index is 13.9. The molecule has 2 fully saturated rings. The molecule has 2 aliphatic rings. The zero-order valence-corrected chi connectivity index (χ0v) is 35.6. The van der Waals surface area contributed by atoms with Crippen LogP contribution in [0.1, 0.15) is 63.3 Å². The number of nitrogens with one attached hydrogen (secondary N) is 3. The lowest BCUT2D eigenvalue weighted by Gasteiger charge is -2.34. The first-order valence-electron chi connectivity index (χ1n) is 20.5. The number of amides is 4. The molecule has 2 aliphatic heterocycles. The highest BCUT2D eigenvalue weighted by molar-refractivity contribution is 6.10. The Kier molecular flexibility index (Phi) is 13.0. The number of fused-ring (bicyclic) bond motifs is 3. The van der Waals surface area contributed by atoms with Crippen LogP contribution in [-0.2, 0) is 35.1 Å². The Hall–Kier alpha value is -5.98. The maximum Gasteiger partial charge on any atom is 0.407 e. The zero-order chi connectivity index (χ0) is 43.5. The van der Waals surface area contributed by atoms with Gasteiger partial charge in [0.1, 0.15) is 23.7 Å². The van der Waals surface area contributed by atoms with Crippen molar-refractivity contribution in [1.29, 1.82) is 0 Å². The van der Waals surface area contributed by atoms with Gasteiger partial charge in [-0.1, -0.05) is 24.3 Å². The van der Waals surface area contributed by atoms with Crippen molar-refractivity contribution >= 4 is 45.8 Å². The minimum atomic E-state index is -1.20. The molecule has 0 radical (unpaired) electrons. The molecule has 326 valence electrons.